The number of nitrogen functional groups attached to an aromatic ring is 1. The highest BCUT2D eigenvalue weighted by Gasteiger charge is 2.31. The average molecular weight is 270 g/mol. The summed E-state index contributed by atoms with van der Waals surface area (Å²) in [4.78, 5) is 0.117. The summed E-state index contributed by atoms with van der Waals surface area (Å²) >= 11 is 0. The summed E-state index contributed by atoms with van der Waals surface area (Å²) < 4.78 is 32.3. The first-order valence-electron chi connectivity index (χ1n) is 5.91. The van der Waals surface area contributed by atoms with Gasteiger partial charge < -0.3 is 10.5 Å². The lowest BCUT2D eigenvalue weighted by Crippen LogP contribution is -2.40. The Bertz CT molecular complexity index is 522. The number of anilines is 1. The van der Waals surface area contributed by atoms with Crippen LogP contribution in [0.15, 0.2) is 29.2 Å². The third-order valence-corrected chi connectivity index (χ3v) is 4.62. The molecule has 1 heterocycles. The van der Waals surface area contributed by atoms with Gasteiger partial charge in [-0.05, 0) is 31.9 Å². The summed E-state index contributed by atoms with van der Waals surface area (Å²) in [7, 11) is -3.57. The molecule has 0 saturated carbocycles. The molecule has 1 aliphatic heterocycles. The van der Waals surface area contributed by atoms with Crippen LogP contribution in [-0.4, -0.2) is 27.2 Å². The van der Waals surface area contributed by atoms with Gasteiger partial charge in [0.15, 0.2) is 0 Å². The first kappa shape index (κ1) is 13.3. The summed E-state index contributed by atoms with van der Waals surface area (Å²) in [6, 6.07) is 6.42. The van der Waals surface area contributed by atoms with Crippen molar-refractivity contribution in [3.8, 4) is 0 Å². The van der Waals surface area contributed by atoms with Crippen molar-refractivity contribution >= 4 is 15.7 Å². The zero-order chi connectivity index (χ0) is 13.2. The number of benzene rings is 1. The number of sulfonamides is 1. The van der Waals surface area contributed by atoms with Crippen molar-refractivity contribution in [2.75, 3.05) is 18.9 Å². The summed E-state index contributed by atoms with van der Waals surface area (Å²) in [5.41, 5.74) is 5.52. The molecule has 1 aromatic rings. The van der Waals surface area contributed by atoms with Crippen molar-refractivity contribution in [2.24, 2.45) is 0 Å². The van der Waals surface area contributed by atoms with Gasteiger partial charge in [0.25, 0.3) is 0 Å². The van der Waals surface area contributed by atoms with Crippen LogP contribution in [0.2, 0.25) is 0 Å². The van der Waals surface area contributed by atoms with Crippen LogP contribution in [0.1, 0.15) is 19.8 Å². The summed E-state index contributed by atoms with van der Waals surface area (Å²) in [5.74, 6) is 0. The lowest BCUT2D eigenvalue weighted by Gasteiger charge is -2.23. The predicted octanol–water partition coefficient (Wildman–Crippen LogP) is 1.12. The molecule has 1 saturated heterocycles. The van der Waals surface area contributed by atoms with E-state index >= 15 is 0 Å². The second-order valence-electron chi connectivity index (χ2n) is 4.76. The van der Waals surface area contributed by atoms with Crippen LogP contribution < -0.4 is 10.5 Å². The smallest absolute Gasteiger partial charge is 0.242 e. The molecule has 3 N–H and O–H groups in total. The fourth-order valence-corrected chi connectivity index (χ4v) is 3.31. The van der Waals surface area contributed by atoms with Gasteiger partial charge in [0.2, 0.25) is 10.0 Å². The fourth-order valence-electron chi connectivity index (χ4n) is 2.03. The number of ether oxygens (including phenoxy) is 1. The summed E-state index contributed by atoms with van der Waals surface area (Å²) in [6.07, 6.45) is 1.82. The van der Waals surface area contributed by atoms with E-state index in [1.165, 1.54) is 6.07 Å². The molecule has 0 radical (unpaired) electrons. The van der Waals surface area contributed by atoms with Gasteiger partial charge in [-0.3, -0.25) is 0 Å². The fraction of sp³-hybridized carbons (Fsp3) is 0.500. The van der Waals surface area contributed by atoms with Crippen LogP contribution in [0.3, 0.4) is 0 Å². The van der Waals surface area contributed by atoms with Crippen LogP contribution in [0.25, 0.3) is 0 Å². The highest BCUT2D eigenvalue weighted by molar-refractivity contribution is 7.89. The van der Waals surface area contributed by atoms with Crippen molar-refractivity contribution in [1.82, 2.24) is 4.72 Å². The number of nitrogens with two attached hydrogens (primary N) is 1. The molecule has 18 heavy (non-hydrogen) atoms. The minimum absolute atomic E-state index is 0.117. The number of rotatable bonds is 4. The van der Waals surface area contributed by atoms with Crippen molar-refractivity contribution in [3.63, 3.8) is 0 Å². The second kappa shape index (κ2) is 4.87. The highest BCUT2D eigenvalue weighted by atomic mass is 32.2. The monoisotopic (exact) mass is 270 g/mol. The van der Waals surface area contributed by atoms with Crippen LogP contribution in [0.5, 0.6) is 0 Å². The third-order valence-electron chi connectivity index (χ3n) is 3.15. The lowest BCUT2D eigenvalue weighted by molar-refractivity contribution is 0.0250. The standard InChI is InChI=1S/C12H18N2O3S/c1-12(7-4-8-17-12)9-14-18(15,16)11-6-3-2-5-10(11)13/h2-3,5-6,14H,4,7-9,13H2,1H3. The Morgan fingerprint density at radius 3 is 2.78 bits per heavy atom. The van der Waals surface area contributed by atoms with E-state index in [1.54, 1.807) is 18.2 Å². The number of hydrogen-bond acceptors (Lipinski definition) is 4. The average Bonchev–Trinajstić information content (AvgIpc) is 2.75. The Hall–Kier alpha value is -1.11. The van der Waals surface area contributed by atoms with E-state index < -0.39 is 15.6 Å². The van der Waals surface area contributed by atoms with E-state index in [0.717, 1.165) is 12.8 Å². The van der Waals surface area contributed by atoms with E-state index in [2.05, 4.69) is 4.72 Å². The van der Waals surface area contributed by atoms with Crippen molar-refractivity contribution < 1.29 is 13.2 Å². The zero-order valence-electron chi connectivity index (χ0n) is 10.3. The minimum atomic E-state index is -3.57. The minimum Gasteiger partial charge on any atom is -0.398 e. The Morgan fingerprint density at radius 2 is 2.17 bits per heavy atom. The number of para-hydroxylation sites is 1. The summed E-state index contributed by atoms with van der Waals surface area (Å²) in [5, 5.41) is 0. The SMILES string of the molecule is CC1(CNS(=O)(=O)c2ccccc2N)CCCO1. The van der Waals surface area contributed by atoms with E-state index in [9.17, 15) is 8.42 Å². The molecule has 0 amide bonds. The van der Waals surface area contributed by atoms with E-state index in [0.29, 0.717) is 6.61 Å². The maximum absolute atomic E-state index is 12.1. The molecule has 1 aromatic carbocycles. The molecular weight excluding hydrogens is 252 g/mol. The van der Waals surface area contributed by atoms with Gasteiger partial charge in [-0.15, -0.1) is 0 Å². The molecule has 2 rings (SSSR count). The maximum atomic E-state index is 12.1. The van der Waals surface area contributed by atoms with Crippen molar-refractivity contribution in [1.29, 1.82) is 0 Å². The van der Waals surface area contributed by atoms with E-state index in [1.807, 2.05) is 6.92 Å². The Balaban J connectivity index is 2.11. The molecule has 0 aromatic heterocycles. The van der Waals surface area contributed by atoms with Crippen LogP contribution >= 0.6 is 0 Å². The second-order valence-corrected chi connectivity index (χ2v) is 6.50. The van der Waals surface area contributed by atoms with E-state index in [4.69, 9.17) is 10.5 Å². The van der Waals surface area contributed by atoms with Gasteiger partial charge in [-0.1, -0.05) is 12.1 Å². The molecule has 0 spiro atoms. The van der Waals surface area contributed by atoms with Crippen molar-refractivity contribution in [3.05, 3.63) is 24.3 Å². The van der Waals surface area contributed by atoms with E-state index in [-0.39, 0.29) is 17.1 Å². The van der Waals surface area contributed by atoms with Gasteiger partial charge in [0.1, 0.15) is 4.90 Å². The van der Waals surface area contributed by atoms with Crippen LogP contribution in [0, 0.1) is 0 Å². The topological polar surface area (TPSA) is 81.4 Å². The van der Waals surface area contributed by atoms with Crippen molar-refractivity contribution in [2.45, 2.75) is 30.3 Å². The van der Waals surface area contributed by atoms with Gasteiger partial charge in [-0.25, -0.2) is 13.1 Å². The summed E-state index contributed by atoms with van der Waals surface area (Å²) in [6.45, 7) is 2.87. The molecular formula is C12H18N2O3S. The Kier molecular flexibility index (Phi) is 3.61. The van der Waals surface area contributed by atoms with Gasteiger partial charge in [-0.2, -0.15) is 0 Å². The maximum Gasteiger partial charge on any atom is 0.242 e. The van der Waals surface area contributed by atoms with Crippen LogP contribution in [0.4, 0.5) is 5.69 Å². The molecule has 0 aliphatic carbocycles. The molecule has 6 heteroatoms. The molecule has 1 unspecified atom stereocenters. The Morgan fingerprint density at radius 1 is 1.44 bits per heavy atom. The normalized spacial score (nSPS) is 24.3. The molecule has 0 bridgehead atoms. The quantitative estimate of drug-likeness (QED) is 0.803. The molecule has 1 aliphatic rings. The molecule has 100 valence electrons. The van der Waals surface area contributed by atoms with Gasteiger partial charge in [0, 0.05) is 13.2 Å². The van der Waals surface area contributed by atoms with Crippen LogP contribution in [-0.2, 0) is 14.8 Å². The van der Waals surface area contributed by atoms with Gasteiger partial charge >= 0.3 is 0 Å². The van der Waals surface area contributed by atoms with Gasteiger partial charge in [0.05, 0.1) is 11.3 Å². The Labute approximate surface area is 107 Å². The number of hydrogen-bond donors (Lipinski definition) is 2. The first-order chi connectivity index (χ1) is 8.43. The highest BCUT2D eigenvalue weighted by Crippen LogP contribution is 2.25. The third kappa shape index (κ3) is 2.82. The number of nitrogens with one attached hydrogen (secondary N) is 1. The zero-order valence-corrected chi connectivity index (χ0v) is 11.2. The predicted molar refractivity (Wildman–Crippen MR) is 69.6 cm³/mol. The molecule has 1 fully saturated rings. The molecule has 1 atom stereocenters. The first-order valence-corrected chi connectivity index (χ1v) is 7.39. The largest absolute Gasteiger partial charge is 0.398 e. The lowest BCUT2D eigenvalue weighted by atomic mass is 10.0. The molecule has 5 nitrogen and oxygen atoms in total.